The Bertz CT molecular complexity index is 417. The van der Waals surface area contributed by atoms with Crippen molar-refractivity contribution >= 4 is 15.9 Å². The number of nitrogens with zero attached hydrogens (tertiary/aromatic N) is 3. The van der Waals surface area contributed by atoms with E-state index in [9.17, 15) is 0 Å². The van der Waals surface area contributed by atoms with Crippen LogP contribution in [0.1, 0.15) is 24.6 Å². The molecule has 6 nitrogen and oxygen atoms in total. The number of rotatable bonds is 6. The number of halogens is 1. The Morgan fingerprint density at radius 3 is 3.05 bits per heavy atom. The van der Waals surface area contributed by atoms with Crippen molar-refractivity contribution in [2.45, 2.75) is 25.4 Å². The van der Waals surface area contributed by atoms with E-state index in [1.807, 2.05) is 10.9 Å². The lowest BCUT2D eigenvalue weighted by atomic mass is 9.92. The first-order valence-electron chi connectivity index (χ1n) is 7.03. The third-order valence-electron chi connectivity index (χ3n) is 3.73. The molecule has 3 N–H and O–H groups in total. The van der Waals surface area contributed by atoms with E-state index in [4.69, 9.17) is 10.6 Å². The molecule has 2 unspecified atom stereocenters. The largest absolute Gasteiger partial charge is 0.381 e. The molecule has 2 atom stereocenters. The van der Waals surface area contributed by atoms with E-state index in [0.717, 1.165) is 49.3 Å². The molecule has 2 heterocycles. The predicted molar refractivity (Wildman–Crippen MR) is 82.1 cm³/mol. The molecule has 0 saturated carbocycles. The van der Waals surface area contributed by atoms with Gasteiger partial charge in [-0.1, -0.05) is 0 Å². The lowest BCUT2D eigenvalue weighted by Gasteiger charge is -2.30. The second kappa shape index (κ2) is 7.51. The molecule has 1 aromatic rings. The van der Waals surface area contributed by atoms with E-state index >= 15 is 0 Å². The summed E-state index contributed by atoms with van der Waals surface area (Å²) >= 11 is 3.60. The molecule has 1 saturated heterocycles. The highest BCUT2D eigenvalue weighted by molar-refractivity contribution is 9.10. The van der Waals surface area contributed by atoms with Gasteiger partial charge < -0.3 is 9.64 Å². The summed E-state index contributed by atoms with van der Waals surface area (Å²) in [4.78, 5) is 2.15. The number of nitrogens with two attached hydrogens (primary N) is 1. The maximum atomic E-state index is 5.81. The Morgan fingerprint density at radius 2 is 2.45 bits per heavy atom. The van der Waals surface area contributed by atoms with Crippen molar-refractivity contribution in [3.63, 3.8) is 0 Å². The van der Waals surface area contributed by atoms with E-state index in [0.29, 0.717) is 5.92 Å². The van der Waals surface area contributed by atoms with Crippen LogP contribution in [0.2, 0.25) is 0 Å². The fourth-order valence-electron chi connectivity index (χ4n) is 2.62. The van der Waals surface area contributed by atoms with Crippen LogP contribution in [0.25, 0.3) is 0 Å². The summed E-state index contributed by atoms with van der Waals surface area (Å²) < 4.78 is 8.63. The minimum atomic E-state index is 0.0642. The van der Waals surface area contributed by atoms with Crippen LogP contribution in [-0.2, 0) is 11.3 Å². The SMILES string of the molecule is CN(C)CCn1ncc(Br)c1C(NN)C1CCCOC1. The van der Waals surface area contributed by atoms with Crippen molar-refractivity contribution in [2.24, 2.45) is 11.8 Å². The van der Waals surface area contributed by atoms with Crippen molar-refractivity contribution in [3.8, 4) is 0 Å². The zero-order valence-electron chi connectivity index (χ0n) is 12.2. The fraction of sp³-hybridized carbons (Fsp3) is 0.769. The summed E-state index contributed by atoms with van der Waals surface area (Å²) in [6.45, 7) is 3.40. The highest BCUT2D eigenvalue weighted by Crippen LogP contribution is 2.32. The Balaban J connectivity index is 2.17. The normalized spacial score (nSPS) is 21.4. The molecule has 0 spiro atoms. The average molecular weight is 346 g/mol. The third kappa shape index (κ3) is 3.79. The van der Waals surface area contributed by atoms with Crippen LogP contribution < -0.4 is 11.3 Å². The Morgan fingerprint density at radius 1 is 1.65 bits per heavy atom. The molecule has 0 aromatic carbocycles. The maximum Gasteiger partial charge on any atom is 0.0713 e. The van der Waals surface area contributed by atoms with Crippen LogP contribution >= 0.6 is 15.9 Å². The highest BCUT2D eigenvalue weighted by atomic mass is 79.9. The first kappa shape index (κ1) is 15.9. The molecule has 0 aliphatic carbocycles. The molecule has 0 bridgehead atoms. The molecule has 1 aliphatic heterocycles. The molecule has 1 aromatic heterocycles. The number of hydrogen-bond acceptors (Lipinski definition) is 5. The van der Waals surface area contributed by atoms with Crippen LogP contribution in [0.5, 0.6) is 0 Å². The van der Waals surface area contributed by atoms with Gasteiger partial charge >= 0.3 is 0 Å². The van der Waals surface area contributed by atoms with Gasteiger partial charge in [0.2, 0.25) is 0 Å². The summed E-state index contributed by atoms with van der Waals surface area (Å²) in [5, 5.41) is 4.46. The molecule has 0 amide bonds. The lowest BCUT2D eigenvalue weighted by Crippen LogP contribution is -2.39. The predicted octanol–water partition coefficient (Wildman–Crippen LogP) is 1.14. The van der Waals surface area contributed by atoms with Crippen LogP contribution in [0.4, 0.5) is 0 Å². The monoisotopic (exact) mass is 345 g/mol. The van der Waals surface area contributed by atoms with Crippen LogP contribution in [0.15, 0.2) is 10.7 Å². The number of likely N-dealkylation sites (N-methyl/N-ethyl adjacent to an activating group) is 1. The maximum absolute atomic E-state index is 5.81. The van der Waals surface area contributed by atoms with E-state index in [1.54, 1.807) is 0 Å². The van der Waals surface area contributed by atoms with E-state index in [1.165, 1.54) is 0 Å². The highest BCUT2D eigenvalue weighted by Gasteiger charge is 2.29. The van der Waals surface area contributed by atoms with Crippen molar-refractivity contribution in [2.75, 3.05) is 33.9 Å². The molecule has 114 valence electrons. The number of hydrogen-bond donors (Lipinski definition) is 2. The van der Waals surface area contributed by atoms with Gasteiger partial charge in [0.15, 0.2) is 0 Å². The number of ether oxygens (including phenoxy) is 1. The number of nitrogens with one attached hydrogen (secondary N) is 1. The van der Waals surface area contributed by atoms with Gasteiger partial charge in [-0.2, -0.15) is 5.10 Å². The molecule has 1 aliphatic rings. The van der Waals surface area contributed by atoms with Crippen LogP contribution in [0.3, 0.4) is 0 Å². The molecular formula is C13H24BrN5O. The first-order valence-corrected chi connectivity index (χ1v) is 7.82. The van der Waals surface area contributed by atoms with Crippen molar-refractivity contribution in [1.82, 2.24) is 20.1 Å². The first-order chi connectivity index (χ1) is 9.63. The summed E-state index contributed by atoms with van der Waals surface area (Å²) in [5.74, 6) is 6.20. The minimum Gasteiger partial charge on any atom is -0.381 e. The van der Waals surface area contributed by atoms with E-state index in [-0.39, 0.29) is 6.04 Å². The van der Waals surface area contributed by atoms with Crippen LogP contribution in [-0.4, -0.2) is 48.5 Å². The average Bonchev–Trinajstić information content (AvgIpc) is 2.80. The molecular weight excluding hydrogens is 322 g/mol. The molecule has 20 heavy (non-hydrogen) atoms. The Labute approximate surface area is 128 Å². The second-order valence-electron chi connectivity index (χ2n) is 5.53. The quantitative estimate of drug-likeness (QED) is 0.597. The minimum absolute atomic E-state index is 0.0642. The number of aromatic nitrogens is 2. The molecule has 2 rings (SSSR count). The van der Waals surface area contributed by atoms with Gasteiger partial charge in [0.05, 0.1) is 35.6 Å². The van der Waals surface area contributed by atoms with Gasteiger partial charge in [-0.15, -0.1) is 0 Å². The third-order valence-corrected chi connectivity index (χ3v) is 4.34. The van der Waals surface area contributed by atoms with Gasteiger partial charge in [-0.3, -0.25) is 16.0 Å². The fourth-order valence-corrected chi connectivity index (χ4v) is 3.16. The van der Waals surface area contributed by atoms with E-state index in [2.05, 4.69) is 45.4 Å². The topological polar surface area (TPSA) is 68.3 Å². The van der Waals surface area contributed by atoms with Crippen molar-refractivity contribution in [3.05, 3.63) is 16.4 Å². The second-order valence-corrected chi connectivity index (χ2v) is 6.38. The number of hydrazine groups is 1. The molecule has 0 radical (unpaired) electrons. The summed E-state index contributed by atoms with van der Waals surface area (Å²) in [6.07, 6.45) is 4.06. The Kier molecular flexibility index (Phi) is 5.98. The molecule has 1 fully saturated rings. The summed E-state index contributed by atoms with van der Waals surface area (Å²) in [7, 11) is 4.12. The lowest BCUT2D eigenvalue weighted by molar-refractivity contribution is 0.0374. The van der Waals surface area contributed by atoms with Gasteiger partial charge in [0.1, 0.15) is 0 Å². The van der Waals surface area contributed by atoms with Crippen LogP contribution in [0, 0.1) is 5.92 Å². The molecule has 7 heteroatoms. The van der Waals surface area contributed by atoms with Crippen molar-refractivity contribution in [1.29, 1.82) is 0 Å². The van der Waals surface area contributed by atoms with Gasteiger partial charge in [0.25, 0.3) is 0 Å². The zero-order valence-corrected chi connectivity index (χ0v) is 13.8. The summed E-state index contributed by atoms with van der Waals surface area (Å²) in [6, 6.07) is 0.0642. The smallest absolute Gasteiger partial charge is 0.0713 e. The summed E-state index contributed by atoms with van der Waals surface area (Å²) in [5.41, 5.74) is 4.07. The standard InChI is InChI=1S/C13H24BrN5O/c1-18(2)5-6-19-13(11(14)8-16-19)12(17-15)10-4-3-7-20-9-10/h8,10,12,17H,3-7,9,15H2,1-2H3. The van der Waals surface area contributed by atoms with Gasteiger partial charge in [-0.05, 0) is 42.9 Å². The van der Waals surface area contributed by atoms with Gasteiger partial charge in [0, 0.05) is 19.1 Å². The van der Waals surface area contributed by atoms with Crippen molar-refractivity contribution < 1.29 is 4.74 Å². The Hall–Kier alpha value is -0.470. The van der Waals surface area contributed by atoms with E-state index < -0.39 is 0 Å². The van der Waals surface area contributed by atoms with Gasteiger partial charge in [-0.25, -0.2) is 0 Å². The zero-order chi connectivity index (χ0) is 14.5.